The van der Waals surface area contributed by atoms with Crippen LogP contribution in [0.15, 0.2) is 28.7 Å². The normalized spacial score (nSPS) is 14.5. The summed E-state index contributed by atoms with van der Waals surface area (Å²) in [6.45, 7) is 5.69. The Labute approximate surface area is 123 Å². The summed E-state index contributed by atoms with van der Waals surface area (Å²) in [6.07, 6.45) is 0. The van der Waals surface area contributed by atoms with Crippen molar-refractivity contribution >= 4 is 28.5 Å². The molecule has 2 atom stereocenters. The van der Waals surface area contributed by atoms with Gasteiger partial charge in [0.05, 0.1) is 12.1 Å². The highest BCUT2D eigenvalue weighted by atomic mass is 35.5. The van der Waals surface area contributed by atoms with Gasteiger partial charge in [0, 0.05) is 10.4 Å². The Kier molecular flexibility index (Phi) is 4.35. The first-order valence-corrected chi connectivity index (χ1v) is 7.01. The van der Waals surface area contributed by atoms with Crippen LogP contribution in [0.2, 0.25) is 5.02 Å². The van der Waals surface area contributed by atoms with E-state index in [1.165, 1.54) is 0 Å². The number of nitrogens with two attached hydrogens (primary N) is 1. The SMILES string of the molecule is CC(NC(=O)C(N)C(C)C)c1cc2cc(Cl)ccc2o1. The topological polar surface area (TPSA) is 68.3 Å². The van der Waals surface area contributed by atoms with Crippen molar-refractivity contribution in [3.05, 3.63) is 35.0 Å². The van der Waals surface area contributed by atoms with Crippen LogP contribution in [0.25, 0.3) is 11.0 Å². The zero-order valence-corrected chi connectivity index (χ0v) is 12.6. The maximum atomic E-state index is 11.9. The van der Waals surface area contributed by atoms with Gasteiger partial charge in [-0.3, -0.25) is 4.79 Å². The first-order chi connectivity index (χ1) is 9.38. The fourth-order valence-corrected chi connectivity index (χ4v) is 2.11. The van der Waals surface area contributed by atoms with Crippen LogP contribution in [0, 0.1) is 5.92 Å². The van der Waals surface area contributed by atoms with Gasteiger partial charge >= 0.3 is 0 Å². The van der Waals surface area contributed by atoms with E-state index in [1.807, 2.05) is 39.0 Å². The molecule has 0 aliphatic rings. The first-order valence-electron chi connectivity index (χ1n) is 6.63. The summed E-state index contributed by atoms with van der Waals surface area (Å²) >= 11 is 5.94. The fraction of sp³-hybridized carbons (Fsp3) is 0.400. The van der Waals surface area contributed by atoms with E-state index < -0.39 is 6.04 Å². The summed E-state index contributed by atoms with van der Waals surface area (Å²) in [6, 6.07) is 6.55. The standard InChI is InChI=1S/C15H19ClN2O2/c1-8(2)14(17)15(19)18-9(3)13-7-10-6-11(16)4-5-12(10)20-13/h4-9,14H,17H2,1-3H3,(H,18,19). The average molecular weight is 295 g/mol. The molecule has 1 amide bonds. The zero-order chi connectivity index (χ0) is 14.9. The Bertz CT molecular complexity index is 621. The summed E-state index contributed by atoms with van der Waals surface area (Å²) in [7, 11) is 0. The summed E-state index contributed by atoms with van der Waals surface area (Å²) in [5, 5.41) is 4.44. The Morgan fingerprint density at radius 1 is 1.30 bits per heavy atom. The second kappa shape index (κ2) is 5.85. The maximum Gasteiger partial charge on any atom is 0.237 e. The number of nitrogens with one attached hydrogen (secondary N) is 1. The van der Waals surface area contributed by atoms with Crippen molar-refractivity contribution in [2.75, 3.05) is 0 Å². The quantitative estimate of drug-likeness (QED) is 0.909. The third-order valence-corrected chi connectivity index (χ3v) is 3.54. The van der Waals surface area contributed by atoms with Crippen LogP contribution in [-0.2, 0) is 4.79 Å². The van der Waals surface area contributed by atoms with Crippen molar-refractivity contribution in [3.8, 4) is 0 Å². The van der Waals surface area contributed by atoms with Gasteiger partial charge in [-0.05, 0) is 37.1 Å². The summed E-state index contributed by atoms with van der Waals surface area (Å²) in [4.78, 5) is 11.9. The number of fused-ring (bicyclic) bond motifs is 1. The second-order valence-electron chi connectivity index (χ2n) is 5.33. The van der Waals surface area contributed by atoms with Gasteiger partial charge in [0.25, 0.3) is 0 Å². The third-order valence-electron chi connectivity index (χ3n) is 3.30. The van der Waals surface area contributed by atoms with E-state index >= 15 is 0 Å². The zero-order valence-electron chi connectivity index (χ0n) is 11.8. The molecule has 0 aliphatic carbocycles. The predicted octanol–water partition coefficient (Wildman–Crippen LogP) is 3.25. The summed E-state index contributed by atoms with van der Waals surface area (Å²) < 4.78 is 5.71. The van der Waals surface area contributed by atoms with Crippen molar-refractivity contribution in [3.63, 3.8) is 0 Å². The van der Waals surface area contributed by atoms with Gasteiger partial charge in [0.15, 0.2) is 0 Å². The van der Waals surface area contributed by atoms with E-state index in [-0.39, 0.29) is 17.9 Å². The molecule has 0 saturated carbocycles. The Balaban J connectivity index is 2.15. The molecule has 2 aromatic rings. The fourth-order valence-electron chi connectivity index (χ4n) is 1.93. The second-order valence-corrected chi connectivity index (χ2v) is 5.77. The van der Waals surface area contributed by atoms with E-state index in [1.54, 1.807) is 6.07 Å². The van der Waals surface area contributed by atoms with Crippen LogP contribution in [0.4, 0.5) is 0 Å². The number of hydrogen-bond donors (Lipinski definition) is 2. The van der Waals surface area contributed by atoms with E-state index in [2.05, 4.69) is 5.32 Å². The highest BCUT2D eigenvalue weighted by Gasteiger charge is 2.21. The number of carbonyl (C=O) groups is 1. The third kappa shape index (κ3) is 3.14. The van der Waals surface area contributed by atoms with Gasteiger partial charge in [-0.25, -0.2) is 0 Å². The monoisotopic (exact) mass is 294 g/mol. The molecule has 0 spiro atoms. The number of hydrogen-bond acceptors (Lipinski definition) is 3. The van der Waals surface area contributed by atoms with Crippen LogP contribution in [-0.4, -0.2) is 11.9 Å². The number of amides is 1. The molecule has 0 aliphatic heterocycles. The summed E-state index contributed by atoms with van der Waals surface area (Å²) in [5.74, 6) is 0.606. The molecule has 20 heavy (non-hydrogen) atoms. The molecular weight excluding hydrogens is 276 g/mol. The molecule has 108 valence electrons. The molecule has 1 aromatic heterocycles. The van der Waals surface area contributed by atoms with Crippen LogP contribution in [0.1, 0.15) is 32.6 Å². The minimum absolute atomic E-state index is 0.0941. The molecule has 1 aromatic carbocycles. The van der Waals surface area contributed by atoms with Crippen LogP contribution < -0.4 is 11.1 Å². The lowest BCUT2D eigenvalue weighted by Gasteiger charge is -2.18. The Morgan fingerprint density at radius 2 is 2.00 bits per heavy atom. The molecule has 0 radical (unpaired) electrons. The number of furan rings is 1. The van der Waals surface area contributed by atoms with E-state index in [9.17, 15) is 4.79 Å². The Morgan fingerprint density at radius 3 is 2.65 bits per heavy atom. The molecule has 2 rings (SSSR count). The molecule has 2 unspecified atom stereocenters. The average Bonchev–Trinajstić information content (AvgIpc) is 2.80. The predicted molar refractivity (Wildman–Crippen MR) is 80.6 cm³/mol. The van der Waals surface area contributed by atoms with Crippen LogP contribution >= 0.6 is 11.6 Å². The largest absolute Gasteiger partial charge is 0.459 e. The smallest absolute Gasteiger partial charge is 0.237 e. The number of halogens is 1. The van der Waals surface area contributed by atoms with Gasteiger partial charge in [-0.2, -0.15) is 0 Å². The van der Waals surface area contributed by atoms with Gasteiger partial charge in [0.2, 0.25) is 5.91 Å². The van der Waals surface area contributed by atoms with E-state index in [0.717, 1.165) is 11.0 Å². The number of rotatable bonds is 4. The van der Waals surface area contributed by atoms with Gasteiger partial charge < -0.3 is 15.5 Å². The highest BCUT2D eigenvalue weighted by Crippen LogP contribution is 2.26. The lowest BCUT2D eigenvalue weighted by molar-refractivity contribution is -0.124. The molecule has 0 bridgehead atoms. The van der Waals surface area contributed by atoms with E-state index in [0.29, 0.717) is 10.8 Å². The lowest BCUT2D eigenvalue weighted by Crippen LogP contribution is -2.44. The first kappa shape index (κ1) is 14.9. The van der Waals surface area contributed by atoms with Crippen molar-refractivity contribution in [1.29, 1.82) is 0 Å². The van der Waals surface area contributed by atoms with Crippen molar-refractivity contribution in [2.45, 2.75) is 32.9 Å². The molecule has 4 nitrogen and oxygen atoms in total. The lowest BCUT2D eigenvalue weighted by atomic mass is 10.0. The molecule has 3 N–H and O–H groups in total. The number of benzene rings is 1. The van der Waals surface area contributed by atoms with Gasteiger partial charge in [-0.15, -0.1) is 0 Å². The van der Waals surface area contributed by atoms with Gasteiger partial charge in [-0.1, -0.05) is 25.4 Å². The van der Waals surface area contributed by atoms with Crippen LogP contribution in [0.5, 0.6) is 0 Å². The van der Waals surface area contributed by atoms with Crippen LogP contribution in [0.3, 0.4) is 0 Å². The van der Waals surface area contributed by atoms with Crippen molar-refractivity contribution in [2.24, 2.45) is 11.7 Å². The minimum atomic E-state index is -0.517. The molecule has 0 fully saturated rings. The Hall–Kier alpha value is -1.52. The molecule has 1 heterocycles. The molecule has 0 saturated heterocycles. The maximum absolute atomic E-state index is 11.9. The molecular formula is C15H19ClN2O2. The number of carbonyl (C=O) groups excluding carboxylic acids is 1. The highest BCUT2D eigenvalue weighted by molar-refractivity contribution is 6.31. The van der Waals surface area contributed by atoms with Crippen molar-refractivity contribution < 1.29 is 9.21 Å². The molecule has 5 heteroatoms. The summed E-state index contributed by atoms with van der Waals surface area (Å²) in [5.41, 5.74) is 6.57. The van der Waals surface area contributed by atoms with E-state index in [4.69, 9.17) is 21.8 Å². The minimum Gasteiger partial charge on any atom is -0.459 e. The van der Waals surface area contributed by atoms with Crippen molar-refractivity contribution in [1.82, 2.24) is 5.32 Å². The van der Waals surface area contributed by atoms with Gasteiger partial charge in [0.1, 0.15) is 11.3 Å².